The average molecular weight is 242 g/mol. The van der Waals surface area contributed by atoms with E-state index in [1.807, 2.05) is 12.1 Å². The maximum atomic E-state index is 5.85. The van der Waals surface area contributed by atoms with Gasteiger partial charge in [-0.05, 0) is 43.6 Å². The van der Waals surface area contributed by atoms with Gasteiger partial charge < -0.3 is 5.32 Å². The van der Waals surface area contributed by atoms with Gasteiger partial charge in [-0.25, -0.2) is 0 Å². The first-order valence-corrected chi connectivity index (χ1v) is 6.84. The number of halogens is 1. The van der Waals surface area contributed by atoms with Crippen LogP contribution in [0.2, 0.25) is 5.02 Å². The van der Waals surface area contributed by atoms with Crippen molar-refractivity contribution in [1.29, 1.82) is 0 Å². The predicted octanol–water partition coefficient (Wildman–Crippen LogP) is 3.33. The lowest BCUT2D eigenvalue weighted by molar-refractivity contribution is 0.531. The second-order valence-corrected chi connectivity index (χ2v) is 5.61. The number of thioether (sulfide) groups is 1. The van der Waals surface area contributed by atoms with E-state index in [-0.39, 0.29) is 0 Å². The fourth-order valence-corrected chi connectivity index (χ4v) is 3.07. The van der Waals surface area contributed by atoms with Crippen molar-refractivity contribution in [3.8, 4) is 0 Å². The summed E-state index contributed by atoms with van der Waals surface area (Å²) < 4.78 is 0. The molecule has 1 N–H and O–H groups in total. The van der Waals surface area contributed by atoms with E-state index in [4.69, 9.17) is 11.6 Å². The lowest BCUT2D eigenvalue weighted by Gasteiger charge is -2.21. The first-order valence-electron chi connectivity index (χ1n) is 5.41. The maximum Gasteiger partial charge on any atom is 0.0406 e. The Morgan fingerprint density at radius 1 is 1.20 bits per heavy atom. The summed E-state index contributed by atoms with van der Waals surface area (Å²) in [6, 6.07) is 8.19. The third kappa shape index (κ3) is 3.71. The third-order valence-corrected chi connectivity index (χ3v) is 4.38. The van der Waals surface area contributed by atoms with Crippen molar-refractivity contribution >= 4 is 23.4 Å². The minimum absolute atomic E-state index is 0.825. The molecule has 1 aliphatic heterocycles. The highest BCUT2D eigenvalue weighted by Gasteiger charge is 2.12. The number of hydrogen-bond acceptors (Lipinski definition) is 2. The molecule has 0 spiro atoms. The van der Waals surface area contributed by atoms with Crippen LogP contribution < -0.4 is 5.32 Å². The Kier molecular flexibility index (Phi) is 4.36. The van der Waals surface area contributed by atoms with Crippen LogP contribution in [0.15, 0.2) is 24.3 Å². The Labute approximate surface area is 101 Å². The van der Waals surface area contributed by atoms with Crippen molar-refractivity contribution in [3.63, 3.8) is 0 Å². The molecular weight excluding hydrogens is 226 g/mol. The molecule has 0 saturated carbocycles. The van der Waals surface area contributed by atoms with Crippen molar-refractivity contribution in [3.05, 3.63) is 34.9 Å². The third-order valence-electron chi connectivity index (χ3n) is 2.69. The molecule has 1 aromatic carbocycles. The number of hydrogen-bond donors (Lipinski definition) is 1. The number of benzene rings is 1. The van der Waals surface area contributed by atoms with Gasteiger partial charge in [0, 0.05) is 16.0 Å². The van der Waals surface area contributed by atoms with Crippen molar-refractivity contribution in [2.75, 3.05) is 13.1 Å². The molecule has 3 heteroatoms. The minimum atomic E-state index is 0.825. The second kappa shape index (κ2) is 5.78. The summed E-state index contributed by atoms with van der Waals surface area (Å²) >= 11 is 7.92. The van der Waals surface area contributed by atoms with E-state index < -0.39 is 0 Å². The van der Waals surface area contributed by atoms with E-state index in [2.05, 4.69) is 29.2 Å². The Hall–Kier alpha value is -0.180. The van der Waals surface area contributed by atoms with E-state index in [0.717, 1.165) is 16.0 Å². The van der Waals surface area contributed by atoms with Crippen molar-refractivity contribution in [2.24, 2.45) is 0 Å². The lowest BCUT2D eigenvalue weighted by Crippen LogP contribution is -2.29. The van der Waals surface area contributed by atoms with Crippen LogP contribution in [0.1, 0.15) is 18.4 Å². The molecule has 0 unspecified atom stereocenters. The van der Waals surface area contributed by atoms with Crippen molar-refractivity contribution < 1.29 is 0 Å². The molecule has 0 aliphatic carbocycles. The zero-order valence-electron chi connectivity index (χ0n) is 8.71. The van der Waals surface area contributed by atoms with Gasteiger partial charge in [-0.1, -0.05) is 23.7 Å². The van der Waals surface area contributed by atoms with Gasteiger partial charge in [0.15, 0.2) is 0 Å². The van der Waals surface area contributed by atoms with Crippen LogP contribution in [0.5, 0.6) is 0 Å². The summed E-state index contributed by atoms with van der Waals surface area (Å²) in [5, 5.41) is 5.05. The molecular formula is C12H16ClNS. The highest BCUT2D eigenvalue weighted by molar-refractivity contribution is 7.99. The molecule has 15 heavy (non-hydrogen) atoms. The first-order chi connectivity index (χ1) is 7.34. The van der Waals surface area contributed by atoms with Crippen LogP contribution in [-0.2, 0) is 5.75 Å². The summed E-state index contributed by atoms with van der Waals surface area (Å²) in [4.78, 5) is 0. The van der Waals surface area contributed by atoms with Crippen LogP contribution >= 0.6 is 23.4 Å². The minimum Gasteiger partial charge on any atom is -0.317 e. The highest BCUT2D eigenvalue weighted by Crippen LogP contribution is 2.24. The highest BCUT2D eigenvalue weighted by atomic mass is 35.5. The maximum absolute atomic E-state index is 5.85. The molecule has 1 aromatic rings. The molecule has 0 aromatic heterocycles. The molecule has 0 atom stereocenters. The molecule has 1 heterocycles. The predicted molar refractivity (Wildman–Crippen MR) is 68.6 cm³/mol. The van der Waals surface area contributed by atoms with Crippen LogP contribution in [0.4, 0.5) is 0 Å². The molecule has 0 bridgehead atoms. The first kappa shape index (κ1) is 11.3. The fraction of sp³-hybridized carbons (Fsp3) is 0.500. The SMILES string of the molecule is Clc1ccc(CSC2CCNCC2)cc1. The van der Waals surface area contributed by atoms with Gasteiger partial charge in [0.2, 0.25) is 0 Å². The number of rotatable bonds is 3. The van der Waals surface area contributed by atoms with Crippen LogP contribution in [-0.4, -0.2) is 18.3 Å². The topological polar surface area (TPSA) is 12.0 Å². The van der Waals surface area contributed by atoms with Crippen molar-refractivity contribution in [1.82, 2.24) is 5.32 Å². The monoisotopic (exact) mass is 241 g/mol. The molecule has 0 amide bonds. The normalized spacial score (nSPS) is 17.9. The summed E-state index contributed by atoms with van der Waals surface area (Å²) in [6.45, 7) is 2.36. The molecule has 2 rings (SSSR count). The summed E-state index contributed by atoms with van der Waals surface area (Å²) in [5.41, 5.74) is 1.38. The number of piperidine rings is 1. The van der Waals surface area contributed by atoms with E-state index in [0.29, 0.717) is 0 Å². The Morgan fingerprint density at radius 3 is 2.53 bits per heavy atom. The van der Waals surface area contributed by atoms with Gasteiger partial charge in [-0.2, -0.15) is 11.8 Å². The second-order valence-electron chi connectivity index (χ2n) is 3.89. The van der Waals surface area contributed by atoms with Gasteiger partial charge in [0.1, 0.15) is 0 Å². The van der Waals surface area contributed by atoms with Gasteiger partial charge in [-0.3, -0.25) is 0 Å². The molecule has 0 radical (unpaired) electrons. The molecule has 1 nitrogen and oxygen atoms in total. The van der Waals surface area contributed by atoms with Crippen LogP contribution in [0, 0.1) is 0 Å². The van der Waals surface area contributed by atoms with E-state index in [1.165, 1.54) is 31.5 Å². The average Bonchev–Trinajstić information content (AvgIpc) is 2.30. The molecule has 1 saturated heterocycles. The van der Waals surface area contributed by atoms with Crippen LogP contribution in [0.25, 0.3) is 0 Å². The van der Waals surface area contributed by atoms with Crippen LogP contribution in [0.3, 0.4) is 0 Å². The Morgan fingerprint density at radius 2 is 1.87 bits per heavy atom. The summed E-state index contributed by atoms with van der Waals surface area (Å²) in [6.07, 6.45) is 2.61. The zero-order valence-corrected chi connectivity index (χ0v) is 10.3. The molecule has 1 fully saturated rings. The van der Waals surface area contributed by atoms with Gasteiger partial charge in [0.05, 0.1) is 0 Å². The molecule has 82 valence electrons. The van der Waals surface area contributed by atoms with Gasteiger partial charge in [0.25, 0.3) is 0 Å². The fourth-order valence-electron chi connectivity index (χ4n) is 1.76. The standard InChI is InChI=1S/C12H16ClNS/c13-11-3-1-10(2-4-11)9-15-12-5-7-14-8-6-12/h1-4,12,14H,5-9H2. The zero-order chi connectivity index (χ0) is 10.5. The molecule has 1 aliphatic rings. The Balaban J connectivity index is 1.79. The Bertz CT molecular complexity index is 293. The van der Waals surface area contributed by atoms with Gasteiger partial charge in [-0.15, -0.1) is 0 Å². The van der Waals surface area contributed by atoms with Crippen molar-refractivity contribution in [2.45, 2.75) is 23.8 Å². The number of nitrogens with one attached hydrogen (secondary N) is 1. The van der Waals surface area contributed by atoms with E-state index in [9.17, 15) is 0 Å². The summed E-state index contributed by atoms with van der Waals surface area (Å²) in [7, 11) is 0. The quantitative estimate of drug-likeness (QED) is 0.872. The summed E-state index contributed by atoms with van der Waals surface area (Å²) in [5.74, 6) is 1.11. The lowest BCUT2D eigenvalue weighted by atomic mass is 10.2. The van der Waals surface area contributed by atoms with E-state index >= 15 is 0 Å². The van der Waals surface area contributed by atoms with Gasteiger partial charge >= 0.3 is 0 Å². The van der Waals surface area contributed by atoms with E-state index in [1.54, 1.807) is 0 Å². The smallest absolute Gasteiger partial charge is 0.0406 e. The largest absolute Gasteiger partial charge is 0.317 e.